The van der Waals surface area contributed by atoms with Crippen LogP contribution < -0.4 is 0 Å². The van der Waals surface area contributed by atoms with Crippen LogP contribution in [0.15, 0.2) is 12.4 Å². The summed E-state index contributed by atoms with van der Waals surface area (Å²) >= 11 is 0. The smallest absolute Gasteiger partial charge is 0.399 e. The Morgan fingerprint density at radius 2 is 2.07 bits per heavy atom. The van der Waals surface area contributed by atoms with Crippen molar-refractivity contribution in [2.75, 3.05) is 0 Å². The van der Waals surface area contributed by atoms with Gasteiger partial charge in [0.2, 0.25) is 0 Å². The molecule has 9 heteroatoms. The molecule has 0 aliphatic heterocycles. The van der Waals surface area contributed by atoms with Crippen molar-refractivity contribution in [2.24, 2.45) is 7.05 Å². The number of aliphatic carboxylic acids is 1. The molecule has 0 amide bonds. The minimum atomic E-state index is -3.92. The summed E-state index contributed by atoms with van der Waals surface area (Å²) in [7, 11) is 1.30. The van der Waals surface area contributed by atoms with E-state index in [1.807, 2.05) is 0 Å². The number of nitrogens with zero attached hydrogens (tertiary/aromatic N) is 2. The average molecular weight is 338 g/mol. The van der Waals surface area contributed by atoms with Gasteiger partial charge in [0.05, 0.1) is 0 Å². The molecule has 1 radical (unpaired) electrons. The number of hydrogen-bond donors (Lipinski definition) is 1. The first kappa shape index (κ1) is 20.6. The summed E-state index contributed by atoms with van der Waals surface area (Å²) in [6.07, 6.45) is 2.37. The first-order chi connectivity index (χ1) is 5.46. The standard InChI is InChI=1S/C6H6F2N2O2.BrH.ClH.Sc/c1-10-3-2-9-4(10)6(7,8)5(11)12;;;/h2-3H,1H3,(H,11,12);2*1H;. The minimum Gasteiger partial charge on any atom is -0.476 e. The molecule has 0 aromatic carbocycles. The van der Waals surface area contributed by atoms with Crippen LogP contribution in [0.5, 0.6) is 0 Å². The maximum absolute atomic E-state index is 12.7. The Hall–Kier alpha value is 0.180. The molecule has 0 saturated carbocycles. The largest absolute Gasteiger partial charge is 0.476 e. The molecule has 0 saturated heterocycles. The van der Waals surface area contributed by atoms with Crippen LogP contribution in [0, 0.1) is 0 Å². The summed E-state index contributed by atoms with van der Waals surface area (Å²) < 4.78 is 26.3. The maximum Gasteiger partial charge on any atom is 0.399 e. The number of aryl methyl sites for hydroxylation is 1. The van der Waals surface area contributed by atoms with Crippen LogP contribution in [0.2, 0.25) is 0 Å². The Morgan fingerprint density at radius 3 is 2.33 bits per heavy atom. The molecule has 0 bridgehead atoms. The SMILES string of the molecule is Br.Cl.Cn1ccnc1C(F)(F)C(=O)O.[Sc]. The van der Waals surface area contributed by atoms with Gasteiger partial charge in [-0.3, -0.25) is 0 Å². The van der Waals surface area contributed by atoms with Crippen LogP contribution >= 0.6 is 29.4 Å². The van der Waals surface area contributed by atoms with Crippen molar-refractivity contribution in [1.82, 2.24) is 9.55 Å². The topological polar surface area (TPSA) is 55.1 Å². The van der Waals surface area contributed by atoms with E-state index in [2.05, 4.69) is 4.98 Å². The summed E-state index contributed by atoms with van der Waals surface area (Å²) in [4.78, 5) is 13.3. The molecule has 0 spiro atoms. The van der Waals surface area contributed by atoms with Gasteiger partial charge in [0.15, 0.2) is 5.82 Å². The van der Waals surface area contributed by atoms with Gasteiger partial charge in [-0.05, 0) is 0 Å². The second-order valence-corrected chi connectivity index (χ2v) is 2.24. The maximum atomic E-state index is 12.7. The third-order valence-electron chi connectivity index (χ3n) is 1.37. The quantitative estimate of drug-likeness (QED) is 0.891. The predicted molar refractivity (Wildman–Crippen MR) is 52.3 cm³/mol. The van der Waals surface area contributed by atoms with Crippen LogP contribution in [0.3, 0.4) is 0 Å². The van der Waals surface area contributed by atoms with Gasteiger partial charge in [-0.15, -0.1) is 29.4 Å². The molecule has 0 aliphatic rings. The predicted octanol–water partition coefficient (Wildman–Crippen LogP) is 1.59. The van der Waals surface area contributed by atoms with E-state index in [9.17, 15) is 13.6 Å². The average Bonchev–Trinajstić information content (AvgIpc) is 2.35. The second-order valence-electron chi connectivity index (χ2n) is 2.24. The van der Waals surface area contributed by atoms with E-state index in [0.29, 0.717) is 0 Å². The number of hydrogen-bond acceptors (Lipinski definition) is 2. The summed E-state index contributed by atoms with van der Waals surface area (Å²) in [6.45, 7) is 0. The molecule has 1 heterocycles. The van der Waals surface area contributed by atoms with Gasteiger partial charge in [-0.25, -0.2) is 9.78 Å². The number of alkyl halides is 2. The molecular weight excluding hydrogens is 330 g/mol. The van der Waals surface area contributed by atoms with Gasteiger partial charge in [-0.1, -0.05) is 0 Å². The van der Waals surface area contributed by atoms with Crippen molar-refractivity contribution in [2.45, 2.75) is 5.92 Å². The zero-order valence-corrected chi connectivity index (χ0v) is 11.9. The van der Waals surface area contributed by atoms with Crippen molar-refractivity contribution in [3.8, 4) is 0 Å². The molecule has 85 valence electrons. The van der Waals surface area contributed by atoms with Crippen molar-refractivity contribution in [1.29, 1.82) is 0 Å². The van der Waals surface area contributed by atoms with Crippen LogP contribution in [0.4, 0.5) is 8.78 Å². The molecule has 0 fully saturated rings. The monoisotopic (exact) mass is 337 g/mol. The molecule has 4 nitrogen and oxygen atoms in total. The zero-order valence-electron chi connectivity index (χ0n) is 7.55. The molecular formula is C6H8BrClF2N2O2Sc. The molecule has 1 rings (SSSR count). The van der Waals surface area contributed by atoms with Gasteiger partial charge < -0.3 is 9.67 Å². The summed E-state index contributed by atoms with van der Waals surface area (Å²) in [5, 5.41) is 8.13. The Labute approximate surface area is 120 Å². The van der Waals surface area contributed by atoms with Gasteiger partial charge >= 0.3 is 11.9 Å². The van der Waals surface area contributed by atoms with Crippen molar-refractivity contribution in [3.05, 3.63) is 18.2 Å². The molecule has 0 aliphatic carbocycles. The minimum absolute atomic E-state index is 0. The fraction of sp³-hybridized carbons (Fsp3) is 0.333. The van der Waals surface area contributed by atoms with Gasteiger partial charge in [-0.2, -0.15) is 8.78 Å². The van der Waals surface area contributed by atoms with Crippen molar-refractivity contribution >= 4 is 35.4 Å². The van der Waals surface area contributed by atoms with E-state index < -0.39 is 17.7 Å². The molecule has 15 heavy (non-hydrogen) atoms. The third-order valence-corrected chi connectivity index (χ3v) is 1.37. The zero-order chi connectivity index (χ0) is 9.35. The molecule has 0 atom stereocenters. The first-order valence-electron chi connectivity index (χ1n) is 3.05. The molecule has 1 aromatic rings. The van der Waals surface area contributed by atoms with Gasteiger partial charge in [0, 0.05) is 45.3 Å². The fourth-order valence-corrected chi connectivity index (χ4v) is 0.764. The Morgan fingerprint density at radius 1 is 1.60 bits per heavy atom. The van der Waals surface area contributed by atoms with E-state index in [1.54, 1.807) is 0 Å². The summed E-state index contributed by atoms with van der Waals surface area (Å²) in [5.74, 6) is -6.88. The van der Waals surface area contributed by atoms with E-state index in [-0.39, 0.29) is 55.2 Å². The third kappa shape index (κ3) is 4.28. The van der Waals surface area contributed by atoms with Crippen LogP contribution in [-0.4, -0.2) is 20.6 Å². The molecule has 0 unspecified atom stereocenters. The number of imidazole rings is 1. The Balaban J connectivity index is -0.000000480. The summed E-state index contributed by atoms with van der Waals surface area (Å²) in [5.41, 5.74) is 0. The first-order valence-corrected chi connectivity index (χ1v) is 3.05. The molecule has 1 N–H and O–H groups in total. The number of halogens is 4. The fourth-order valence-electron chi connectivity index (χ4n) is 0.764. The number of carbonyl (C=O) groups is 1. The second kappa shape index (κ2) is 7.45. The van der Waals surface area contributed by atoms with Crippen LogP contribution in [-0.2, 0) is 43.6 Å². The number of rotatable bonds is 2. The number of carboxylic acid groups (broad SMARTS) is 1. The Bertz CT molecular complexity index is 324. The van der Waals surface area contributed by atoms with Gasteiger partial charge in [0.1, 0.15) is 0 Å². The van der Waals surface area contributed by atoms with E-state index >= 15 is 0 Å². The van der Waals surface area contributed by atoms with E-state index in [0.717, 1.165) is 10.8 Å². The Kier molecular flexibility index (Phi) is 10.2. The normalized spacial score (nSPS) is 9.27. The van der Waals surface area contributed by atoms with Gasteiger partial charge in [0.25, 0.3) is 0 Å². The van der Waals surface area contributed by atoms with Crippen molar-refractivity contribution in [3.63, 3.8) is 0 Å². The van der Waals surface area contributed by atoms with Crippen LogP contribution in [0.25, 0.3) is 0 Å². The number of carboxylic acids is 1. The van der Waals surface area contributed by atoms with E-state index in [4.69, 9.17) is 5.11 Å². The van der Waals surface area contributed by atoms with Crippen molar-refractivity contribution < 1.29 is 44.5 Å². The van der Waals surface area contributed by atoms with E-state index in [1.165, 1.54) is 13.2 Å². The van der Waals surface area contributed by atoms with Crippen LogP contribution in [0.1, 0.15) is 5.82 Å². The summed E-state index contributed by atoms with van der Waals surface area (Å²) in [6, 6.07) is 0. The molecule has 1 aromatic heterocycles. The number of aromatic nitrogens is 2.